The summed E-state index contributed by atoms with van der Waals surface area (Å²) in [6, 6.07) is 12.6. The van der Waals surface area contributed by atoms with Crippen molar-refractivity contribution in [3.05, 3.63) is 42.0 Å². The molecule has 1 fully saturated rings. The SMILES string of the molecule is COc1ccc2cccc(CCCNC(=O)C3CCCCC3)c2c1. The molecule has 1 aliphatic rings. The van der Waals surface area contributed by atoms with Gasteiger partial charge in [0.25, 0.3) is 0 Å². The van der Waals surface area contributed by atoms with Crippen molar-refractivity contribution in [2.75, 3.05) is 13.7 Å². The van der Waals surface area contributed by atoms with Crippen LogP contribution in [0, 0.1) is 5.92 Å². The summed E-state index contributed by atoms with van der Waals surface area (Å²) in [5.74, 6) is 1.40. The monoisotopic (exact) mass is 325 g/mol. The molecule has 0 bridgehead atoms. The summed E-state index contributed by atoms with van der Waals surface area (Å²) in [7, 11) is 1.70. The Morgan fingerprint density at radius 2 is 2.00 bits per heavy atom. The number of nitrogens with one attached hydrogen (secondary N) is 1. The van der Waals surface area contributed by atoms with E-state index in [9.17, 15) is 4.79 Å². The quantitative estimate of drug-likeness (QED) is 0.795. The maximum absolute atomic E-state index is 12.2. The molecule has 3 nitrogen and oxygen atoms in total. The predicted molar refractivity (Wildman–Crippen MR) is 98.4 cm³/mol. The van der Waals surface area contributed by atoms with E-state index in [1.54, 1.807) is 7.11 Å². The van der Waals surface area contributed by atoms with Crippen LogP contribution in [-0.2, 0) is 11.2 Å². The number of hydrogen-bond donors (Lipinski definition) is 1. The molecule has 0 heterocycles. The second-order valence-corrected chi connectivity index (χ2v) is 6.73. The molecule has 0 aliphatic heterocycles. The Kier molecular flexibility index (Phi) is 5.73. The van der Waals surface area contributed by atoms with Gasteiger partial charge in [-0.2, -0.15) is 0 Å². The van der Waals surface area contributed by atoms with Crippen LogP contribution in [0.1, 0.15) is 44.1 Å². The second-order valence-electron chi connectivity index (χ2n) is 6.73. The van der Waals surface area contributed by atoms with Crippen molar-refractivity contribution in [2.45, 2.75) is 44.9 Å². The summed E-state index contributed by atoms with van der Waals surface area (Å²) >= 11 is 0. The van der Waals surface area contributed by atoms with Gasteiger partial charge < -0.3 is 10.1 Å². The minimum Gasteiger partial charge on any atom is -0.497 e. The largest absolute Gasteiger partial charge is 0.497 e. The lowest BCUT2D eigenvalue weighted by atomic mass is 9.88. The molecule has 24 heavy (non-hydrogen) atoms. The zero-order valence-corrected chi connectivity index (χ0v) is 14.5. The highest BCUT2D eigenvalue weighted by Crippen LogP contribution is 2.25. The first-order valence-corrected chi connectivity index (χ1v) is 9.11. The maximum atomic E-state index is 12.2. The van der Waals surface area contributed by atoms with Crippen molar-refractivity contribution in [1.29, 1.82) is 0 Å². The third kappa shape index (κ3) is 4.08. The Morgan fingerprint density at radius 3 is 2.79 bits per heavy atom. The van der Waals surface area contributed by atoms with Gasteiger partial charge in [0.2, 0.25) is 5.91 Å². The Labute approximate surface area is 144 Å². The first-order chi connectivity index (χ1) is 11.8. The fourth-order valence-electron chi connectivity index (χ4n) is 3.66. The van der Waals surface area contributed by atoms with E-state index in [4.69, 9.17) is 4.74 Å². The van der Waals surface area contributed by atoms with Crippen LogP contribution in [0.15, 0.2) is 36.4 Å². The number of methoxy groups -OCH3 is 1. The van der Waals surface area contributed by atoms with Crippen LogP contribution in [0.25, 0.3) is 10.8 Å². The molecule has 0 radical (unpaired) electrons. The zero-order valence-electron chi connectivity index (χ0n) is 14.5. The predicted octanol–water partition coefficient (Wildman–Crippen LogP) is 4.48. The van der Waals surface area contributed by atoms with Gasteiger partial charge in [0.05, 0.1) is 7.11 Å². The summed E-state index contributed by atoms with van der Waals surface area (Å²) in [6.07, 6.45) is 7.76. The van der Waals surface area contributed by atoms with Gasteiger partial charge in [0, 0.05) is 12.5 Å². The lowest BCUT2D eigenvalue weighted by Crippen LogP contribution is -2.32. The molecule has 1 amide bonds. The Hall–Kier alpha value is -2.03. The smallest absolute Gasteiger partial charge is 0.223 e. The van der Waals surface area contributed by atoms with Crippen LogP contribution in [-0.4, -0.2) is 19.6 Å². The van der Waals surface area contributed by atoms with E-state index in [2.05, 4.69) is 35.6 Å². The number of benzene rings is 2. The zero-order chi connectivity index (χ0) is 16.8. The Morgan fingerprint density at radius 1 is 1.17 bits per heavy atom. The Balaban J connectivity index is 1.54. The first kappa shape index (κ1) is 16.8. The summed E-state index contributed by atoms with van der Waals surface area (Å²) in [5.41, 5.74) is 1.32. The van der Waals surface area contributed by atoms with Crippen molar-refractivity contribution >= 4 is 16.7 Å². The van der Waals surface area contributed by atoms with E-state index >= 15 is 0 Å². The number of aryl methyl sites for hydroxylation is 1. The van der Waals surface area contributed by atoms with Crippen LogP contribution >= 0.6 is 0 Å². The van der Waals surface area contributed by atoms with E-state index < -0.39 is 0 Å². The fourth-order valence-corrected chi connectivity index (χ4v) is 3.66. The molecular weight excluding hydrogens is 298 g/mol. The minimum atomic E-state index is 0.251. The van der Waals surface area contributed by atoms with E-state index in [-0.39, 0.29) is 11.8 Å². The highest BCUT2D eigenvalue weighted by atomic mass is 16.5. The topological polar surface area (TPSA) is 38.3 Å². The van der Waals surface area contributed by atoms with Crippen molar-refractivity contribution in [2.24, 2.45) is 5.92 Å². The molecule has 128 valence electrons. The Bertz CT molecular complexity index is 689. The first-order valence-electron chi connectivity index (χ1n) is 9.11. The minimum absolute atomic E-state index is 0.251. The van der Waals surface area contributed by atoms with E-state index in [0.717, 1.165) is 38.0 Å². The molecule has 2 aromatic carbocycles. The van der Waals surface area contributed by atoms with Gasteiger partial charge in [-0.1, -0.05) is 43.5 Å². The summed E-state index contributed by atoms with van der Waals surface area (Å²) in [5, 5.41) is 5.61. The van der Waals surface area contributed by atoms with Crippen LogP contribution in [0.5, 0.6) is 5.75 Å². The van der Waals surface area contributed by atoms with Gasteiger partial charge >= 0.3 is 0 Å². The van der Waals surface area contributed by atoms with Crippen molar-refractivity contribution in [3.63, 3.8) is 0 Å². The van der Waals surface area contributed by atoms with Gasteiger partial charge in [0.15, 0.2) is 0 Å². The molecule has 0 unspecified atom stereocenters. The molecule has 1 aliphatic carbocycles. The number of hydrogen-bond acceptors (Lipinski definition) is 2. The van der Waals surface area contributed by atoms with E-state index in [1.165, 1.54) is 35.6 Å². The number of carbonyl (C=O) groups excluding carboxylic acids is 1. The van der Waals surface area contributed by atoms with Crippen LogP contribution in [0.2, 0.25) is 0 Å². The number of amides is 1. The number of rotatable bonds is 6. The van der Waals surface area contributed by atoms with Gasteiger partial charge in [0.1, 0.15) is 5.75 Å². The van der Waals surface area contributed by atoms with Gasteiger partial charge in [-0.15, -0.1) is 0 Å². The highest BCUT2D eigenvalue weighted by molar-refractivity contribution is 5.87. The lowest BCUT2D eigenvalue weighted by Gasteiger charge is -2.20. The average molecular weight is 325 g/mol. The molecular formula is C21H27NO2. The fraction of sp³-hybridized carbons (Fsp3) is 0.476. The number of fused-ring (bicyclic) bond motifs is 1. The molecule has 1 saturated carbocycles. The summed E-state index contributed by atoms with van der Waals surface area (Å²) in [6.45, 7) is 0.760. The molecule has 0 aromatic heterocycles. The molecule has 0 saturated heterocycles. The van der Waals surface area contributed by atoms with Crippen molar-refractivity contribution < 1.29 is 9.53 Å². The third-order valence-corrected chi connectivity index (χ3v) is 5.08. The summed E-state index contributed by atoms with van der Waals surface area (Å²) in [4.78, 5) is 12.2. The highest BCUT2D eigenvalue weighted by Gasteiger charge is 2.20. The van der Waals surface area contributed by atoms with Gasteiger partial charge in [-0.3, -0.25) is 4.79 Å². The molecule has 0 atom stereocenters. The molecule has 1 N–H and O–H groups in total. The van der Waals surface area contributed by atoms with E-state index in [0.29, 0.717) is 0 Å². The van der Waals surface area contributed by atoms with Crippen LogP contribution in [0.3, 0.4) is 0 Å². The average Bonchev–Trinajstić information content (AvgIpc) is 2.65. The van der Waals surface area contributed by atoms with Crippen LogP contribution < -0.4 is 10.1 Å². The third-order valence-electron chi connectivity index (χ3n) is 5.08. The van der Waals surface area contributed by atoms with Gasteiger partial charge in [-0.25, -0.2) is 0 Å². The number of ether oxygens (including phenoxy) is 1. The van der Waals surface area contributed by atoms with E-state index in [1.807, 2.05) is 6.07 Å². The normalized spacial score (nSPS) is 15.4. The van der Waals surface area contributed by atoms with Crippen molar-refractivity contribution in [1.82, 2.24) is 5.32 Å². The van der Waals surface area contributed by atoms with Crippen LogP contribution in [0.4, 0.5) is 0 Å². The number of carbonyl (C=O) groups is 1. The van der Waals surface area contributed by atoms with Crippen molar-refractivity contribution in [3.8, 4) is 5.75 Å². The molecule has 2 aromatic rings. The molecule has 3 heteroatoms. The van der Waals surface area contributed by atoms with Gasteiger partial charge in [-0.05, 0) is 54.2 Å². The maximum Gasteiger partial charge on any atom is 0.223 e. The standard InChI is InChI=1S/C21H27NO2/c1-24-19-13-12-17-10-5-9-16(20(17)15-19)11-6-14-22-21(23)18-7-3-2-4-8-18/h5,9-10,12-13,15,18H,2-4,6-8,11,14H2,1H3,(H,22,23). The molecule has 3 rings (SSSR count). The second kappa shape index (κ2) is 8.18. The lowest BCUT2D eigenvalue weighted by molar-refractivity contribution is -0.125. The molecule has 0 spiro atoms. The summed E-state index contributed by atoms with van der Waals surface area (Å²) < 4.78 is 5.34.